The fourth-order valence-corrected chi connectivity index (χ4v) is 6.41. The first-order valence-electron chi connectivity index (χ1n) is 20.4. The number of carbonyl (C=O) groups excluding carboxylic acids is 1. The number of hydrogen-bond donors (Lipinski definition) is 2. The minimum Gasteiger partial charge on any atom is -0.462 e. The van der Waals surface area contributed by atoms with Crippen LogP contribution in [0.5, 0.6) is 0 Å². The van der Waals surface area contributed by atoms with Crippen LogP contribution in [0.2, 0.25) is 0 Å². The molecule has 0 fully saturated rings. The molecule has 0 aliphatic carbocycles. The number of H-pyrrole nitrogens is 1. The third kappa shape index (κ3) is 25.8. The largest absolute Gasteiger partial charge is 0.462 e. The van der Waals surface area contributed by atoms with E-state index in [9.17, 15) is 14.9 Å². The predicted molar refractivity (Wildman–Crippen MR) is 202 cm³/mol. The fourth-order valence-electron chi connectivity index (χ4n) is 6.41. The van der Waals surface area contributed by atoms with Crippen molar-refractivity contribution in [1.29, 1.82) is 0 Å². The number of aromatic amines is 1. The van der Waals surface area contributed by atoms with Gasteiger partial charge < -0.3 is 25.1 Å². The summed E-state index contributed by atoms with van der Waals surface area (Å²) in [6.45, 7) is 10.8. The smallest absolute Gasteiger partial charge is 0.344 e. The summed E-state index contributed by atoms with van der Waals surface area (Å²) in [5.41, 5.74) is 0. The van der Waals surface area contributed by atoms with Crippen molar-refractivity contribution in [1.82, 2.24) is 15.1 Å². The number of hydrogen-bond acceptors (Lipinski definition) is 7. The van der Waals surface area contributed by atoms with Crippen LogP contribution in [0.25, 0.3) is 0 Å². The third-order valence-corrected chi connectivity index (χ3v) is 9.46. The van der Waals surface area contributed by atoms with Crippen LogP contribution in [-0.4, -0.2) is 58.3 Å². The summed E-state index contributed by atoms with van der Waals surface area (Å²) in [5, 5.41) is 20.5. The molecule has 0 atom stereocenters. The molecule has 9 heteroatoms. The number of nitrogens with one attached hydrogen (secondary N) is 2. The first kappa shape index (κ1) is 43.9. The number of aromatic nitrogens is 2. The Kier molecular flexibility index (Phi) is 29.3. The average molecular weight is 678 g/mol. The maximum absolute atomic E-state index is 12.7. The summed E-state index contributed by atoms with van der Waals surface area (Å²) in [6.07, 6.45) is 32.4. The Hall–Kier alpha value is -2.16. The number of unbranched alkanes of at least 4 members (excludes halogenated alkanes) is 19. The molecule has 1 aromatic rings. The van der Waals surface area contributed by atoms with E-state index in [-0.39, 0.29) is 17.9 Å². The summed E-state index contributed by atoms with van der Waals surface area (Å²) in [4.78, 5) is 25.7. The molecule has 1 rings (SSSR count). The summed E-state index contributed by atoms with van der Waals surface area (Å²) in [6, 6.07) is 1.44. The minimum absolute atomic E-state index is 0.0140. The van der Waals surface area contributed by atoms with Crippen molar-refractivity contribution in [2.75, 3.05) is 31.5 Å². The second-order valence-electron chi connectivity index (χ2n) is 14.0. The van der Waals surface area contributed by atoms with Gasteiger partial charge in [-0.2, -0.15) is 0 Å². The molecular formula is C39H75N5O4. The Labute approximate surface area is 294 Å². The molecule has 0 amide bonds. The molecule has 0 saturated heterocycles. The van der Waals surface area contributed by atoms with Crippen LogP contribution < -0.4 is 5.32 Å². The van der Waals surface area contributed by atoms with Crippen molar-refractivity contribution in [3.8, 4) is 0 Å². The molecule has 0 aromatic carbocycles. The molecule has 0 unspecified atom stereocenters. The second-order valence-corrected chi connectivity index (χ2v) is 14.0. The van der Waals surface area contributed by atoms with E-state index in [0.29, 0.717) is 12.2 Å². The zero-order valence-corrected chi connectivity index (χ0v) is 31.5. The summed E-state index contributed by atoms with van der Waals surface area (Å²) >= 11 is 0. The van der Waals surface area contributed by atoms with Gasteiger partial charge in [0, 0.05) is 13.0 Å². The Bertz CT molecular complexity index is 864. The molecule has 0 saturated carbocycles. The number of ether oxygens (including phenoxy) is 1. The minimum atomic E-state index is -0.461. The van der Waals surface area contributed by atoms with Crippen LogP contribution in [0.3, 0.4) is 0 Å². The molecule has 0 spiro atoms. The van der Waals surface area contributed by atoms with Crippen molar-refractivity contribution in [3.05, 3.63) is 16.2 Å². The zero-order valence-electron chi connectivity index (χ0n) is 31.5. The highest BCUT2D eigenvalue weighted by atomic mass is 16.6. The topological polar surface area (TPSA) is 113 Å². The molecule has 0 aliphatic heterocycles. The highest BCUT2D eigenvalue weighted by molar-refractivity contribution is 5.69. The number of nitro groups is 1. The monoisotopic (exact) mass is 678 g/mol. The van der Waals surface area contributed by atoms with E-state index in [0.717, 1.165) is 64.7 Å². The maximum atomic E-state index is 12.7. The third-order valence-electron chi connectivity index (χ3n) is 9.46. The van der Waals surface area contributed by atoms with Gasteiger partial charge in [-0.15, -0.1) is 5.10 Å². The van der Waals surface area contributed by atoms with Gasteiger partial charge in [0.25, 0.3) is 0 Å². The second kappa shape index (κ2) is 32.1. The normalized spacial score (nSPS) is 11.5. The van der Waals surface area contributed by atoms with Crippen LogP contribution in [0.15, 0.2) is 6.07 Å². The number of anilines is 1. The number of rotatable bonds is 36. The van der Waals surface area contributed by atoms with E-state index in [1.807, 2.05) is 0 Å². The van der Waals surface area contributed by atoms with Crippen molar-refractivity contribution in [2.45, 2.75) is 200 Å². The molecule has 9 nitrogen and oxygen atoms in total. The highest BCUT2D eigenvalue weighted by Crippen LogP contribution is 2.19. The van der Waals surface area contributed by atoms with E-state index in [4.69, 9.17) is 4.74 Å². The summed E-state index contributed by atoms with van der Waals surface area (Å²) in [7, 11) is 0. The molecule has 0 radical (unpaired) electrons. The first-order chi connectivity index (χ1) is 23.5. The maximum Gasteiger partial charge on any atom is 0.344 e. The van der Waals surface area contributed by atoms with Crippen molar-refractivity contribution in [3.63, 3.8) is 0 Å². The zero-order chi connectivity index (χ0) is 34.9. The SMILES string of the molecule is CCCCCCCCC(CCCCCCCC)OC(=O)CCCCCCCN(CCCCCCCC)CCCNc1cc([N+](=O)[O-])[nH]n1. The highest BCUT2D eigenvalue weighted by Gasteiger charge is 2.14. The van der Waals surface area contributed by atoms with Gasteiger partial charge in [0.15, 0.2) is 5.82 Å². The lowest BCUT2D eigenvalue weighted by Gasteiger charge is -2.22. The molecule has 48 heavy (non-hydrogen) atoms. The van der Waals surface area contributed by atoms with Crippen molar-refractivity contribution >= 4 is 17.6 Å². The first-order valence-corrected chi connectivity index (χ1v) is 20.4. The molecule has 1 aromatic heterocycles. The van der Waals surface area contributed by atoms with E-state index in [1.54, 1.807) is 0 Å². The predicted octanol–water partition coefficient (Wildman–Crippen LogP) is 11.5. The van der Waals surface area contributed by atoms with Gasteiger partial charge >= 0.3 is 11.8 Å². The standard InChI is InChI=1S/C39H75N5O4/c1-4-7-10-13-17-22-28-36(29-23-18-14-11-8-5-2)48-39(45)30-24-19-16-21-26-33-43(32-25-20-15-12-9-6-3)34-27-31-40-37-35-38(42-41-37)44(46)47/h35-36H,4-34H2,1-3H3,(H2,40,41,42). The molecule has 0 aliphatic rings. The molecular weight excluding hydrogens is 602 g/mol. The lowest BCUT2D eigenvalue weighted by atomic mass is 10.0. The quantitative estimate of drug-likeness (QED) is 0.0314. The van der Waals surface area contributed by atoms with Crippen LogP contribution in [0, 0.1) is 10.1 Å². The van der Waals surface area contributed by atoms with Crippen LogP contribution in [-0.2, 0) is 9.53 Å². The van der Waals surface area contributed by atoms with E-state index in [2.05, 4.69) is 41.2 Å². The van der Waals surface area contributed by atoms with Gasteiger partial charge in [0.2, 0.25) is 0 Å². The number of nitrogens with zero attached hydrogens (tertiary/aromatic N) is 3. The van der Waals surface area contributed by atoms with E-state index >= 15 is 0 Å². The van der Waals surface area contributed by atoms with Crippen molar-refractivity contribution in [2.24, 2.45) is 0 Å². The Morgan fingerprint density at radius 1 is 0.729 bits per heavy atom. The lowest BCUT2D eigenvalue weighted by molar-refractivity contribution is -0.389. The van der Waals surface area contributed by atoms with E-state index in [1.165, 1.54) is 134 Å². The Morgan fingerprint density at radius 3 is 1.69 bits per heavy atom. The van der Waals surface area contributed by atoms with Gasteiger partial charge in [-0.25, -0.2) is 0 Å². The van der Waals surface area contributed by atoms with Crippen molar-refractivity contribution < 1.29 is 14.5 Å². The van der Waals surface area contributed by atoms with Gasteiger partial charge in [0.05, 0.1) is 6.07 Å². The van der Waals surface area contributed by atoms with Gasteiger partial charge in [-0.05, 0) is 75.9 Å². The van der Waals surface area contributed by atoms with Crippen LogP contribution in [0.1, 0.15) is 194 Å². The van der Waals surface area contributed by atoms with Gasteiger partial charge in [-0.1, -0.05) is 141 Å². The number of carbonyl (C=O) groups is 1. The number of esters is 1. The fraction of sp³-hybridized carbons (Fsp3) is 0.897. The Morgan fingerprint density at radius 2 is 1.19 bits per heavy atom. The van der Waals surface area contributed by atoms with Gasteiger partial charge in [-0.3, -0.25) is 4.79 Å². The molecule has 0 bridgehead atoms. The lowest BCUT2D eigenvalue weighted by Crippen LogP contribution is -2.28. The molecule has 280 valence electrons. The van der Waals surface area contributed by atoms with Gasteiger partial charge in [0.1, 0.15) is 6.10 Å². The van der Waals surface area contributed by atoms with Crippen LogP contribution in [0.4, 0.5) is 11.6 Å². The summed E-state index contributed by atoms with van der Waals surface area (Å²) in [5.74, 6) is 0.453. The molecule has 2 N–H and O–H groups in total. The summed E-state index contributed by atoms with van der Waals surface area (Å²) < 4.78 is 6.03. The van der Waals surface area contributed by atoms with Crippen LogP contribution >= 0.6 is 0 Å². The average Bonchev–Trinajstić information content (AvgIpc) is 3.56. The Balaban J connectivity index is 2.31. The molecule has 1 heterocycles. The van der Waals surface area contributed by atoms with E-state index < -0.39 is 4.92 Å².